The maximum absolute atomic E-state index is 13.4. The van der Waals surface area contributed by atoms with Gasteiger partial charge in [0.15, 0.2) is 0 Å². The Morgan fingerprint density at radius 2 is 1.95 bits per heavy atom. The first-order chi connectivity index (χ1) is 19.7. The van der Waals surface area contributed by atoms with E-state index in [0.29, 0.717) is 35.5 Å². The van der Waals surface area contributed by atoms with Gasteiger partial charge < -0.3 is 15.5 Å². The highest BCUT2D eigenvalue weighted by molar-refractivity contribution is 6.06. The van der Waals surface area contributed by atoms with E-state index in [1.807, 2.05) is 30.3 Å². The number of fused-ring (bicyclic) bond motifs is 3. The molecule has 2 N–H and O–H groups in total. The van der Waals surface area contributed by atoms with Crippen molar-refractivity contribution < 1.29 is 18.5 Å². The van der Waals surface area contributed by atoms with Gasteiger partial charge >= 0.3 is 0 Å². The van der Waals surface area contributed by atoms with Gasteiger partial charge in [-0.25, -0.2) is 4.98 Å². The molecule has 3 aromatic rings. The van der Waals surface area contributed by atoms with E-state index >= 15 is 0 Å². The van der Waals surface area contributed by atoms with Gasteiger partial charge in [-0.15, -0.1) is 0 Å². The van der Waals surface area contributed by atoms with Gasteiger partial charge in [0.05, 0.1) is 5.41 Å². The molecule has 200 valence electrons. The molecule has 2 aromatic carbocycles. The molecule has 8 heteroatoms. The van der Waals surface area contributed by atoms with Crippen molar-refractivity contribution in [2.24, 2.45) is 10.4 Å². The summed E-state index contributed by atoms with van der Waals surface area (Å²) in [5, 5.41) is 5.82. The number of nitrogens with zero attached hydrogens (tertiary/aromatic N) is 3. The second-order valence-corrected chi connectivity index (χ2v) is 11.2. The number of carbonyl (C=O) groups is 3. The average Bonchev–Trinajstić information content (AvgIpc) is 3.43. The minimum atomic E-state index is -2.48. The molecule has 1 spiro atoms. The Balaban J connectivity index is 1.33. The number of amides is 3. The number of hydrogen-bond acceptors (Lipinski definition) is 5. The van der Waals surface area contributed by atoms with E-state index in [-0.39, 0.29) is 30.8 Å². The summed E-state index contributed by atoms with van der Waals surface area (Å²) in [6.45, 7) is 2.76. The molecule has 0 saturated heterocycles. The maximum Gasteiger partial charge on any atom is 0.244 e. The van der Waals surface area contributed by atoms with E-state index in [2.05, 4.69) is 20.6 Å². The summed E-state index contributed by atoms with van der Waals surface area (Å²) in [6, 6.07) is 16.4. The lowest BCUT2D eigenvalue weighted by atomic mass is 9.79. The van der Waals surface area contributed by atoms with E-state index in [1.165, 1.54) is 11.1 Å². The molecule has 1 aromatic heterocycles. The molecule has 2 heterocycles. The molecule has 3 amide bonds. The van der Waals surface area contributed by atoms with Crippen LogP contribution < -0.4 is 10.6 Å². The van der Waals surface area contributed by atoms with Crippen LogP contribution >= 0.6 is 0 Å². The van der Waals surface area contributed by atoms with E-state index < -0.39 is 17.8 Å². The Hall–Kier alpha value is -4.33. The summed E-state index contributed by atoms with van der Waals surface area (Å²) in [4.78, 5) is 49.1. The number of anilines is 2. The number of rotatable bonds is 6. The Morgan fingerprint density at radius 1 is 1.15 bits per heavy atom. The van der Waals surface area contributed by atoms with Gasteiger partial charge in [-0.05, 0) is 53.3 Å². The van der Waals surface area contributed by atoms with Crippen molar-refractivity contribution in [3.63, 3.8) is 0 Å². The maximum atomic E-state index is 13.4. The molecular formula is C31H33N5O3. The van der Waals surface area contributed by atoms with Crippen LogP contribution in [-0.2, 0) is 39.2 Å². The molecule has 39 heavy (non-hydrogen) atoms. The van der Waals surface area contributed by atoms with Crippen molar-refractivity contribution >= 4 is 35.4 Å². The minimum Gasteiger partial charge on any atom is -0.329 e. The molecule has 0 saturated carbocycles. The van der Waals surface area contributed by atoms with E-state index in [1.54, 1.807) is 51.2 Å². The number of aliphatic imine (C=N–C) groups is 1. The zero-order valence-electron chi connectivity index (χ0n) is 25.2. The van der Waals surface area contributed by atoms with Gasteiger partial charge in [0.2, 0.25) is 17.7 Å². The summed E-state index contributed by atoms with van der Waals surface area (Å²) >= 11 is 0. The number of pyridine rings is 1. The molecule has 0 fully saturated rings. The number of hydrogen-bond donors (Lipinski definition) is 2. The largest absolute Gasteiger partial charge is 0.329 e. The molecular weight excluding hydrogens is 490 g/mol. The summed E-state index contributed by atoms with van der Waals surface area (Å²) < 4.78 is 22.1. The standard InChI is InChI=1S/C31H33N5O3/c1-30(2,3)29(39)36(18-22-9-6-5-8-21(22)17-32-4)19-26(37)34-24-12-11-20-15-31(16-23(20)14-24)25-10-7-13-33-27(25)35-28(31)38/h5-14,17H,15-16,18-19H2,1-4H3,(H,34,37)(H,33,35,38)/i4D3. The Bertz CT molecular complexity index is 1600. The van der Waals surface area contributed by atoms with E-state index in [9.17, 15) is 14.4 Å². The Labute approximate surface area is 232 Å². The molecule has 1 aliphatic heterocycles. The summed E-state index contributed by atoms with van der Waals surface area (Å²) in [5.41, 5.74) is 3.25. The van der Waals surface area contributed by atoms with Crippen LogP contribution in [0.25, 0.3) is 0 Å². The molecule has 0 bridgehead atoms. The van der Waals surface area contributed by atoms with Crippen molar-refractivity contribution in [1.29, 1.82) is 0 Å². The molecule has 0 radical (unpaired) electrons. The summed E-state index contributed by atoms with van der Waals surface area (Å²) in [7, 11) is 0. The third kappa shape index (κ3) is 5.06. The van der Waals surface area contributed by atoms with Crippen molar-refractivity contribution in [1.82, 2.24) is 9.88 Å². The van der Waals surface area contributed by atoms with Crippen LogP contribution in [0.15, 0.2) is 65.8 Å². The number of aromatic nitrogens is 1. The van der Waals surface area contributed by atoms with Gasteiger partial charge in [0, 0.05) is 46.7 Å². The topological polar surface area (TPSA) is 104 Å². The van der Waals surface area contributed by atoms with Crippen LogP contribution in [0, 0.1) is 5.41 Å². The van der Waals surface area contributed by atoms with Crippen LogP contribution in [0.4, 0.5) is 11.5 Å². The lowest BCUT2D eigenvalue weighted by Gasteiger charge is -2.29. The van der Waals surface area contributed by atoms with Crippen molar-refractivity contribution in [3.05, 3.63) is 88.6 Å². The average molecular weight is 527 g/mol. The fourth-order valence-electron chi connectivity index (χ4n) is 5.47. The molecule has 8 nitrogen and oxygen atoms in total. The number of nitrogens with one attached hydrogen (secondary N) is 2. The second kappa shape index (κ2) is 10.1. The van der Waals surface area contributed by atoms with Gasteiger partial charge in [-0.1, -0.05) is 57.2 Å². The zero-order valence-corrected chi connectivity index (χ0v) is 22.2. The van der Waals surface area contributed by atoms with Gasteiger partial charge in [-0.2, -0.15) is 0 Å². The smallest absolute Gasteiger partial charge is 0.244 e. The highest BCUT2D eigenvalue weighted by Crippen LogP contribution is 2.46. The lowest BCUT2D eigenvalue weighted by Crippen LogP contribution is -2.43. The minimum absolute atomic E-state index is 0.0708. The van der Waals surface area contributed by atoms with E-state index in [0.717, 1.165) is 16.7 Å². The third-order valence-electron chi connectivity index (χ3n) is 7.35. The lowest BCUT2D eigenvalue weighted by molar-refractivity contribution is -0.142. The molecule has 5 rings (SSSR count). The number of carbonyl (C=O) groups excluding carboxylic acids is 3. The van der Waals surface area contributed by atoms with Crippen LogP contribution in [0.1, 0.15) is 52.7 Å². The van der Waals surface area contributed by atoms with Crippen molar-refractivity contribution in [2.75, 3.05) is 24.2 Å². The van der Waals surface area contributed by atoms with Crippen molar-refractivity contribution in [2.45, 2.75) is 45.6 Å². The first kappa shape index (κ1) is 22.6. The summed E-state index contributed by atoms with van der Waals surface area (Å²) in [6.07, 6.45) is 3.99. The van der Waals surface area contributed by atoms with Crippen LogP contribution in [0.3, 0.4) is 0 Å². The highest BCUT2D eigenvalue weighted by Gasteiger charge is 2.51. The normalized spacial score (nSPS) is 19.2. The summed E-state index contributed by atoms with van der Waals surface area (Å²) in [5.74, 6) is -0.0742. The SMILES string of the molecule is [2H]C([2H])([2H])N=Cc1ccccc1CN(CC(=O)Nc1ccc2c(c1)CC1(C2)C(=O)Nc2ncccc21)C(=O)C(C)(C)C. The third-order valence-corrected chi connectivity index (χ3v) is 7.35. The first-order valence-corrected chi connectivity index (χ1v) is 12.9. The Kier molecular flexibility index (Phi) is 5.86. The van der Waals surface area contributed by atoms with Gasteiger partial charge in [0.1, 0.15) is 12.4 Å². The second-order valence-electron chi connectivity index (χ2n) is 11.2. The highest BCUT2D eigenvalue weighted by atomic mass is 16.2. The van der Waals surface area contributed by atoms with Crippen LogP contribution in [0.5, 0.6) is 0 Å². The quantitative estimate of drug-likeness (QED) is 0.471. The fourth-order valence-corrected chi connectivity index (χ4v) is 5.47. The van der Waals surface area contributed by atoms with E-state index in [4.69, 9.17) is 4.11 Å². The van der Waals surface area contributed by atoms with Crippen LogP contribution in [0.2, 0.25) is 0 Å². The molecule has 1 aliphatic carbocycles. The van der Waals surface area contributed by atoms with Gasteiger partial charge in [0.25, 0.3) is 0 Å². The van der Waals surface area contributed by atoms with Crippen LogP contribution in [-0.4, -0.2) is 47.3 Å². The Morgan fingerprint density at radius 3 is 2.74 bits per heavy atom. The van der Waals surface area contributed by atoms with Gasteiger partial charge in [-0.3, -0.25) is 19.4 Å². The molecule has 1 atom stereocenters. The molecule has 1 unspecified atom stereocenters. The predicted octanol–water partition coefficient (Wildman–Crippen LogP) is 4.13. The zero-order chi connectivity index (χ0) is 30.3. The fraction of sp³-hybridized carbons (Fsp3) is 0.323. The van der Waals surface area contributed by atoms with Crippen molar-refractivity contribution in [3.8, 4) is 0 Å². The molecule has 2 aliphatic rings. The monoisotopic (exact) mass is 526 g/mol. The number of benzene rings is 2. The first-order valence-electron chi connectivity index (χ1n) is 14.4. The predicted molar refractivity (Wildman–Crippen MR) is 152 cm³/mol.